The Kier molecular flexibility index (Phi) is 1.31. The highest BCUT2D eigenvalue weighted by molar-refractivity contribution is 5.39. The summed E-state index contributed by atoms with van der Waals surface area (Å²) in [5, 5.41) is 0. The van der Waals surface area contributed by atoms with Gasteiger partial charge in [0.15, 0.2) is 0 Å². The maximum absolute atomic E-state index is 12.6. The predicted octanol–water partition coefficient (Wildman–Crippen LogP) is 1.68. The number of nitrogens with two attached hydrogens (primary N) is 1. The molecular formula is C8H9FN2. The SMILES string of the molecule is Nc1cc(F)nc(C2CC2)c1. The average Bonchev–Trinajstić information content (AvgIpc) is 2.64. The summed E-state index contributed by atoms with van der Waals surface area (Å²) in [4.78, 5) is 3.75. The Balaban J connectivity index is 2.39. The first-order chi connectivity index (χ1) is 5.25. The lowest BCUT2D eigenvalue weighted by molar-refractivity contribution is 0.578. The molecule has 1 aromatic heterocycles. The molecule has 1 fully saturated rings. The molecule has 2 nitrogen and oxygen atoms in total. The predicted molar refractivity (Wildman–Crippen MR) is 40.6 cm³/mol. The second-order valence-corrected chi connectivity index (χ2v) is 2.92. The quantitative estimate of drug-likeness (QED) is 0.622. The van der Waals surface area contributed by atoms with Crippen LogP contribution in [0.5, 0.6) is 0 Å². The fourth-order valence-electron chi connectivity index (χ4n) is 1.13. The van der Waals surface area contributed by atoms with Crippen LogP contribution in [0, 0.1) is 5.95 Å². The molecule has 0 bridgehead atoms. The summed E-state index contributed by atoms with van der Waals surface area (Å²) < 4.78 is 12.6. The van der Waals surface area contributed by atoms with E-state index in [0.29, 0.717) is 11.6 Å². The van der Waals surface area contributed by atoms with Crippen LogP contribution in [0.4, 0.5) is 10.1 Å². The molecule has 0 aliphatic heterocycles. The number of hydrogen-bond donors (Lipinski definition) is 1. The Bertz CT molecular complexity index is 261. The molecule has 1 heterocycles. The summed E-state index contributed by atoms with van der Waals surface area (Å²) in [7, 11) is 0. The van der Waals surface area contributed by atoms with Crippen molar-refractivity contribution in [3.8, 4) is 0 Å². The Hall–Kier alpha value is -1.12. The lowest BCUT2D eigenvalue weighted by Gasteiger charge is -1.98. The number of aromatic nitrogens is 1. The van der Waals surface area contributed by atoms with Crippen LogP contribution < -0.4 is 5.73 Å². The van der Waals surface area contributed by atoms with Crippen LogP contribution in [0.15, 0.2) is 12.1 Å². The van der Waals surface area contributed by atoms with Crippen LogP contribution in [0.3, 0.4) is 0 Å². The minimum absolute atomic E-state index is 0.466. The zero-order chi connectivity index (χ0) is 7.84. The first kappa shape index (κ1) is 6.58. The maximum Gasteiger partial charge on any atom is 0.215 e. The van der Waals surface area contributed by atoms with Crippen molar-refractivity contribution in [1.29, 1.82) is 0 Å². The van der Waals surface area contributed by atoms with Gasteiger partial charge in [-0.3, -0.25) is 0 Å². The number of hydrogen-bond acceptors (Lipinski definition) is 2. The molecular weight excluding hydrogens is 143 g/mol. The molecule has 1 saturated carbocycles. The second-order valence-electron chi connectivity index (χ2n) is 2.92. The van der Waals surface area contributed by atoms with Crippen LogP contribution in [0.25, 0.3) is 0 Å². The lowest BCUT2D eigenvalue weighted by Crippen LogP contribution is -1.94. The van der Waals surface area contributed by atoms with Gasteiger partial charge in [-0.2, -0.15) is 4.39 Å². The van der Waals surface area contributed by atoms with Crippen LogP contribution in [0.1, 0.15) is 24.5 Å². The van der Waals surface area contributed by atoms with Crippen molar-refractivity contribution in [2.24, 2.45) is 0 Å². The lowest BCUT2D eigenvalue weighted by atomic mass is 10.2. The standard InChI is InChI=1S/C8H9FN2/c9-8-4-6(10)3-7(11-8)5-1-2-5/h3-5H,1-2H2,(H2,10,11). The Morgan fingerprint density at radius 3 is 2.73 bits per heavy atom. The monoisotopic (exact) mass is 152 g/mol. The molecule has 58 valence electrons. The summed E-state index contributed by atoms with van der Waals surface area (Å²) >= 11 is 0. The van der Waals surface area contributed by atoms with Gasteiger partial charge in [0.2, 0.25) is 5.95 Å². The topological polar surface area (TPSA) is 38.9 Å². The van der Waals surface area contributed by atoms with Gasteiger partial charge in [-0.25, -0.2) is 4.98 Å². The van der Waals surface area contributed by atoms with Gasteiger partial charge in [-0.15, -0.1) is 0 Å². The third kappa shape index (κ3) is 1.31. The third-order valence-corrected chi connectivity index (χ3v) is 1.83. The van der Waals surface area contributed by atoms with E-state index in [1.165, 1.54) is 6.07 Å². The summed E-state index contributed by atoms with van der Waals surface area (Å²) in [5.41, 5.74) is 6.72. The number of nitrogen functional groups attached to an aromatic ring is 1. The molecule has 0 aromatic carbocycles. The van der Waals surface area contributed by atoms with Gasteiger partial charge in [0.25, 0.3) is 0 Å². The number of halogens is 1. The smallest absolute Gasteiger partial charge is 0.215 e. The second kappa shape index (κ2) is 2.19. The first-order valence-corrected chi connectivity index (χ1v) is 3.68. The Labute approximate surface area is 64.2 Å². The van der Waals surface area contributed by atoms with Crippen molar-refractivity contribution in [3.63, 3.8) is 0 Å². The molecule has 2 N–H and O–H groups in total. The van der Waals surface area contributed by atoms with E-state index in [2.05, 4.69) is 4.98 Å². The highest BCUT2D eigenvalue weighted by Crippen LogP contribution is 2.39. The molecule has 2 rings (SSSR count). The molecule has 0 spiro atoms. The van der Waals surface area contributed by atoms with Crippen molar-refractivity contribution in [1.82, 2.24) is 4.98 Å². The highest BCUT2D eigenvalue weighted by Gasteiger charge is 2.25. The van der Waals surface area contributed by atoms with Crippen LogP contribution in [0.2, 0.25) is 0 Å². The van der Waals surface area contributed by atoms with Crippen molar-refractivity contribution >= 4 is 5.69 Å². The van der Waals surface area contributed by atoms with E-state index < -0.39 is 5.95 Å². The van der Waals surface area contributed by atoms with E-state index in [0.717, 1.165) is 18.5 Å². The largest absolute Gasteiger partial charge is 0.399 e. The van der Waals surface area contributed by atoms with Crippen molar-refractivity contribution < 1.29 is 4.39 Å². The molecule has 3 heteroatoms. The first-order valence-electron chi connectivity index (χ1n) is 3.68. The number of nitrogens with zero attached hydrogens (tertiary/aromatic N) is 1. The zero-order valence-corrected chi connectivity index (χ0v) is 6.05. The average molecular weight is 152 g/mol. The van der Waals surface area contributed by atoms with Gasteiger partial charge < -0.3 is 5.73 Å². The third-order valence-electron chi connectivity index (χ3n) is 1.83. The summed E-state index contributed by atoms with van der Waals surface area (Å²) in [6.45, 7) is 0. The fourth-order valence-corrected chi connectivity index (χ4v) is 1.13. The molecule has 1 aliphatic carbocycles. The van der Waals surface area contributed by atoms with E-state index in [4.69, 9.17) is 5.73 Å². The summed E-state index contributed by atoms with van der Waals surface area (Å²) in [6.07, 6.45) is 2.24. The molecule has 11 heavy (non-hydrogen) atoms. The van der Waals surface area contributed by atoms with E-state index in [9.17, 15) is 4.39 Å². The van der Waals surface area contributed by atoms with E-state index in [1.807, 2.05) is 0 Å². The zero-order valence-electron chi connectivity index (χ0n) is 6.05. The normalized spacial score (nSPS) is 16.8. The van der Waals surface area contributed by atoms with Crippen LogP contribution >= 0.6 is 0 Å². The fraction of sp³-hybridized carbons (Fsp3) is 0.375. The van der Waals surface area contributed by atoms with Gasteiger partial charge in [-0.1, -0.05) is 0 Å². The van der Waals surface area contributed by atoms with Crippen molar-refractivity contribution in [3.05, 3.63) is 23.8 Å². The van der Waals surface area contributed by atoms with Gasteiger partial charge >= 0.3 is 0 Å². The summed E-state index contributed by atoms with van der Waals surface area (Å²) in [6, 6.07) is 2.99. The van der Waals surface area contributed by atoms with Gasteiger partial charge in [0, 0.05) is 23.4 Å². The van der Waals surface area contributed by atoms with Gasteiger partial charge in [0.05, 0.1) is 0 Å². The Morgan fingerprint density at radius 2 is 2.18 bits per heavy atom. The molecule has 0 atom stereocenters. The minimum Gasteiger partial charge on any atom is -0.399 e. The molecule has 0 unspecified atom stereocenters. The number of pyridine rings is 1. The van der Waals surface area contributed by atoms with Gasteiger partial charge in [-0.05, 0) is 18.9 Å². The van der Waals surface area contributed by atoms with Crippen LogP contribution in [-0.4, -0.2) is 4.98 Å². The van der Waals surface area contributed by atoms with Gasteiger partial charge in [0.1, 0.15) is 0 Å². The molecule has 0 radical (unpaired) electrons. The summed E-state index contributed by atoms with van der Waals surface area (Å²) in [5.74, 6) is -0.0000926. The number of anilines is 1. The van der Waals surface area contributed by atoms with E-state index in [-0.39, 0.29) is 0 Å². The molecule has 0 saturated heterocycles. The molecule has 1 aliphatic rings. The van der Waals surface area contributed by atoms with Crippen molar-refractivity contribution in [2.45, 2.75) is 18.8 Å². The minimum atomic E-state index is -0.466. The Morgan fingerprint density at radius 1 is 1.45 bits per heavy atom. The maximum atomic E-state index is 12.6. The molecule has 0 amide bonds. The van der Waals surface area contributed by atoms with E-state index in [1.54, 1.807) is 6.07 Å². The highest BCUT2D eigenvalue weighted by atomic mass is 19.1. The van der Waals surface area contributed by atoms with E-state index >= 15 is 0 Å². The molecule has 1 aromatic rings. The van der Waals surface area contributed by atoms with Crippen LogP contribution in [-0.2, 0) is 0 Å². The van der Waals surface area contributed by atoms with Crippen molar-refractivity contribution in [2.75, 3.05) is 5.73 Å². The number of rotatable bonds is 1.